The van der Waals surface area contributed by atoms with Crippen molar-refractivity contribution in [2.24, 2.45) is 16.6 Å². The van der Waals surface area contributed by atoms with Crippen molar-refractivity contribution in [3.05, 3.63) is 24.3 Å². The van der Waals surface area contributed by atoms with Crippen LogP contribution in [0, 0.1) is 5.92 Å². The van der Waals surface area contributed by atoms with Gasteiger partial charge in [-0.05, 0) is 30.9 Å². The van der Waals surface area contributed by atoms with Crippen LogP contribution in [-0.2, 0) is 0 Å². The molecule has 1 aliphatic carbocycles. The number of hydrogen-bond acceptors (Lipinski definition) is 2. The maximum absolute atomic E-state index is 13.3. The molecule has 1 saturated carbocycles. The van der Waals surface area contributed by atoms with Gasteiger partial charge in [-0.15, -0.1) is 37.1 Å². The lowest BCUT2D eigenvalue weighted by Gasteiger charge is -2.27. The lowest BCUT2D eigenvalue weighted by molar-refractivity contribution is -0.274. The second-order valence-corrected chi connectivity index (χ2v) is 5.71. The van der Waals surface area contributed by atoms with Gasteiger partial charge in [-0.1, -0.05) is 12.1 Å². The summed E-state index contributed by atoms with van der Waals surface area (Å²) in [5.41, 5.74) is 5.63. The van der Waals surface area contributed by atoms with Crippen molar-refractivity contribution in [3.63, 3.8) is 0 Å². The smallest absolute Gasteiger partial charge is 0.404 e. The molecule has 0 aliphatic heterocycles. The zero-order chi connectivity index (χ0) is 17.8. The summed E-state index contributed by atoms with van der Waals surface area (Å²) in [7, 11) is 0. The summed E-state index contributed by atoms with van der Waals surface area (Å²) in [4.78, 5) is 3.96. The van der Waals surface area contributed by atoms with Crippen molar-refractivity contribution in [1.29, 1.82) is 0 Å². The predicted octanol–water partition coefficient (Wildman–Crippen LogP) is 4.76. The number of alkyl halides is 5. The lowest BCUT2D eigenvalue weighted by Crippen LogP contribution is -2.29. The monoisotopic (exact) mass is 479 g/mol. The van der Waals surface area contributed by atoms with Crippen LogP contribution >= 0.6 is 24.0 Å². The molecule has 1 aromatic carbocycles. The molecule has 0 bridgehead atoms. The fourth-order valence-electron chi connectivity index (χ4n) is 2.62. The van der Waals surface area contributed by atoms with Crippen LogP contribution < -0.4 is 15.8 Å². The molecule has 1 fully saturated rings. The number of anilines is 1. The van der Waals surface area contributed by atoms with Crippen LogP contribution in [0.1, 0.15) is 25.7 Å². The van der Waals surface area contributed by atoms with Crippen molar-refractivity contribution < 1.29 is 26.7 Å². The molecule has 0 radical (unpaired) electrons. The molecule has 0 saturated heterocycles. The van der Waals surface area contributed by atoms with Crippen LogP contribution in [0.25, 0.3) is 0 Å². The summed E-state index contributed by atoms with van der Waals surface area (Å²) in [6.45, 7) is 0.0940. The van der Waals surface area contributed by atoms with Crippen LogP contribution in [0.3, 0.4) is 0 Å². The molecule has 1 atom stereocenters. The zero-order valence-electron chi connectivity index (χ0n) is 13.2. The third-order valence-electron chi connectivity index (χ3n) is 3.64. The first-order valence-electron chi connectivity index (χ1n) is 7.44. The number of guanidine groups is 1. The Labute approximate surface area is 159 Å². The second kappa shape index (κ2) is 8.86. The molecule has 0 aromatic heterocycles. The maximum Gasteiger partial charge on any atom is 0.573 e. The van der Waals surface area contributed by atoms with Crippen molar-refractivity contribution >= 4 is 35.6 Å². The van der Waals surface area contributed by atoms with Crippen LogP contribution in [0.5, 0.6) is 5.75 Å². The summed E-state index contributed by atoms with van der Waals surface area (Å²) >= 11 is 0. The summed E-state index contributed by atoms with van der Waals surface area (Å²) in [6, 6.07) is 5.35. The second-order valence-electron chi connectivity index (χ2n) is 5.71. The fourth-order valence-corrected chi connectivity index (χ4v) is 2.62. The number of nitrogens with one attached hydrogen (secondary N) is 1. The highest BCUT2D eigenvalue weighted by Gasteiger charge is 2.36. The van der Waals surface area contributed by atoms with E-state index < -0.39 is 18.0 Å². The molecule has 1 aliphatic rings. The van der Waals surface area contributed by atoms with Gasteiger partial charge >= 0.3 is 6.36 Å². The lowest BCUT2D eigenvalue weighted by atomic mass is 9.87. The van der Waals surface area contributed by atoms with E-state index in [0.717, 1.165) is 6.07 Å². The summed E-state index contributed by atoms with van der Waals surface area (Å²) in [6.07, 6.45) is -4.17. The van der Waals surface area contributed by atoms with E-state index >= 15 is 0 Å². The summed E-state index contributed by atoms with van der Waals surface area (Å²) < 4.78 is 67.5. The van der Waals surface area contributed by atoms with Crippen molar-refractivity contribution in [2.45, 2.75) is 38.0 Å². The molecule has 142 valence electrons. The molecule has 0 spiro atoms. The molecule has 10 heteroatoms. The number of ether oxygens (including phenoxy) is 1. The van der Waals surface area contributed by atoms with Gasteiger partial charge in [-0.25, -0.2) is 8.78 Å². The highest BCUT2D eigenvalue weighted by atomic mass is 127. The number of hydrogen-bond donors (Lipinski definition) is 2. The van der Waals surface area contributed by atoms with E-state index in [1.54, 1.807) is 0 Å². The molecule has 4 nitrogen and oxygen atoms in total. The average molecular weight is 479 g/mol. The van der Waals surface area contributed by atoms with Crippen LogP contribution in [0.2, 0.25) is 0 Å². The van der Waals surface area contributed by atoms with Gasteiger partial charge in [0.15, 0.2) is 11.7 Å². The number of aliphatic imine (C=N–C) groups is 1. The van der Waals surface area contributed by atoms with E-state index in [4.69, 9.17) is 5.73 Å². The minimum absolute atomic E-state index is 0. The van der Waals surface area contributed by atoms with Gasteiger partial charge in [0.1, 0.15) is 0 Å². The Balaban J connectivity index is 0.00000312. The molecule has 0 heterocycles. The first-order chi connectivity index (χ1) is 11.1. The number of nitrogens with zero attached hydrogens (tertiary/aromatic N) is 1. The molecule has 25 heavy (non-hydrogen) atoms. The Morgan fingerprint density at radius 3 is 2.64 bits per heavy atom. The Morgan fingerprint density at radius 1 is 1.32 bits per heavy atom. The number of benzene rings is 1. The van der Waals surface area contributed by atoms with Gasteiger partial charge in [0, 0.05) is 19.4 Å². The molecule has 1 aromatic rings. The van der Waals surface area contributed by atoms with E-state index in [1.807, 2.05) is 0 Å². The van der Waals surface area contributed by atoms with Gasteiger partial charge in [0.2, 0.25) is 5.92 Å². The third kappa shape index (κ3) is 7.61. The number of para-hydroxylation sites is 2. The molecule has 3 N–H and O–H groups in total. The van der Waals surface area contributed by atoms with Crippen LogP contribution in [0.15, 0.2) is 29.3 Å². The number of halogens is 6. The number of rotatable bonds is 4. The van der Waals surface area contributed by atoms with Crippen LogP contribution in [0.4, 0.5) is 27.6 Å². The minimum Gasteiger partial charge on any atom is -0.404 e. The largest absolute Gasteiger partial charge is 0.573 e. The Hall–Kier alpha value is -1.33. The predicted molar refractivity (Wildman–Crippen MR) is 95.6 cm³/mol. The van der Waals surface area contributed by atoms with E-state index in [1.165, 1.54) is 18.2 Å². The van der Waals surface area contributed by atoms with E-state index in [2.05, 4.69) is 15.0 Å². The normalized spacial score (nSPS) is 20.5. The van der Waals surface area contributed by atoms with Gasteiger partial charge in [0.25, 0.3) is 0 Å². The molecular formula is C15H19F5IN3O. The first kappa shape index (κ1) is 21.7. The zero-order valence-corrected chi connectivity index (χ0v) is 15.5. The average Bonchev–Trinajstić information content (AvgIpc) is 2.45. The molecular weight excluding hydrogens is 460 g/mol. The Bertz CT molecular complexity index is 595. The Kier molecular flexibility index (Phi) is 7.69. The highest BCUT2D eigenvalue weighted by Crippen LogP contribution is 2.36. The minimum atomic E-state index is -4.84. The highest BCUT2D eigenvalue weighted by molar-refractivity contribution is 14.0. The molecule has 2 rings (SSSR count). The topological polar surface area (TPSA) is 59.6 Å². The van der Waals surface area contributed by atoms with Gasteiger partial charge in [0.05, 0.1) is 5.69 Å². The van der Waals surface area contributed by atoms with Gasteiger partial charge in [-0.2, -0.15) is 0 Å². The maximum atomic E-state index is 13.3. The van der Waals surface area contributed by atoms with E-state index in [0.29, 0.717) is 12.8 Å². The summed E-state index contributed by atoms with van der Waals surface area (Å²) in [5, 5.41) is 2.51. The standard InChI is InChI=1S/C15H18F5N3O.HI/c16-14(17)7-3-4-10(8-14)9-22-13(21)23-11-5-1-2-6-12(11)24-15(18,19)20;/h1-2,5-6,10H,3-4,7-9H2,(H3,21,22,23);1H. The SMILES string of the molecule is I.NC(=NCC1CCCC(F)(F)C1)Nc1ccccc1OC(F)(F)F. The van der Waals surface area contributed by atoms with Crippen molar-refractivity contribution in [3.8, 4) is 5.75 Å². The fraction of sp³-hybridized carbons (Fsp3) is 0.533. The molecule has 1 unspecified atom stereocenters. The van der Waals surface area contributed by atoms with Crippen molar-refractivity contribution in [1.82, 2.24) is 0 Å². The van der Waals surface area contributed by atoms with Crippen molar-refractivity contribution in [2.75, 3.05) is 11.9 Å². The first-order valence-corrected chi connectivity index (χ1v) is 7.44. The molecule has 0 amide bonds. The van der Waals surface area contributed by atoms with Gasteiger partial charge in [-0.3, -0.25) is 4.99 Å². The van der Waals surface area contributed by atoms with E-state index in [9.17, 15) is 22.0 Å². The van der Waals surface area contributed by atoms with Crippen LogP contribution in [-0.4, -0.2) is 24.8 Å². The Morgan fingerprint density at radius 2 is 2.00 bits per heavy atom. The van der Waals surface area contributed by atoms with Gasteiger partial charge < -0.3 is 15.8 Å². The van der Waals surface area contributed by atoms with E-state index in [-0.39, 0.29) is 60.9 Å². The summed E-state index contributed by atoms with van der Waals surface area (Å²) in [5.74, 6) is -3.58. The third-order valence-corrected chi connectivity index (χ3v) is 3.64. The quantitative estimate of drug-likeness (QED) is 0.284. The number of nitrogens with two attached hydrogens (primary N) is 1.